The molecular weight excluding hydrogens is 250 g/mol. The summed E-state index contributed by atoms with van der Waals surface area (Å²) in [7, 11) is 2.07. The summed E-state index contributed by atoms with van der Waals surface area (Å²) in [6.45, 7) is 3.51. The summed E-state index contributed by atoms with van der Waals surface area (Å²) in [5, 5.41) is 0. The van der Waals surface area contributed by atoms with Gasteiger partial charge >= 0.3 is 0 Å². The van der Waals surface area contributed by atoms with Crippen molar-refractivity contribution in [2.75, 3.05) is 30.8 Å². The molecule has 1 aromatic heterocycles. The Kier molecular flexibility index (Phi) is 4.82. The monoisotopic (exact) mass is 271 g/mol. The standard InChI is InChI=1S/C16H21N3O/c1-3-20-16-12-14(4-5-15(16)17)19(2)11-8-13-6-9-18-10-7-13/h4-7,9-10,12H,3,8,11,17H2,1-2H3. The summed E-state index contributed by atoms with van der Waals surface area (Å²) in [5.74, 6) is 0.751. The molecule has 1 aromatic carbocycles. The molecule has 2 aromatic rings. The first kappa shape index (κ1) is 14.2. The molecule has 0 bridgehead atoms. The van der Waals surface area contributed by atoms with Gasteiger partial charge in [0.15, 0.2) is 0 Å². The molecule has 0 aliphatic heterocycles. The topological polar surface area (TPSA) is 51.4 Å². The van der Waals surface area contributed by atoms with E-state index in [-0.39, 0.29) is 0 Å². The number of ether oxygens (including phenoxy) is 1. The summed E-state index contributed by atoms with van der Waals surface area (Å²) < 4.78 is 5.53. The molecule has 0 unspecified atom stereocenters. The van der Waals surface area contributed by atoms with Gasteiger partial charge in [-0.25, -0.2) is 0 Å². The van der Waals surface area contributed by atoms with Crippen LogP contribution in [0.2, 0.25) is 0 Å². The van der Waals surface area contributed by atoms with E-state index in [1.54, 1.807) is 0 Å². The molecule has 0 aliphatic rings. The van der Waals surface area contributed by atoms with Crippen molar-refractivity contribution >= 4 is 11.4 Å². The van der Waals surface area contributed by atoms with E-state index in [1.807, 2.05) is 49.6 Å². The number of pyridine rings is 1. The summed E-state index contributed by atoms with van der Waals surface area (Å²) >= 11 is 0. The number of aromatic nitrogens is 1. The Morgan fingerprint density at radius 3 is 2.65 bits per heavy atom. The lowest BCUT2D eigenvalue weighted by Gasteiger charge is -2.20. The normalized spacial score (nSPS) is 10.3. The number of nitrogens with two attached hydrogens (primary N) is 1. The molecule has 4 heteroatoms. The first-order valence-corrected chi connectivity index (χ1v) is 6.83. The molecule has 0 spiro atoms. The number of rotatable bonds is 6. The Balaban J connectivity index is 2.01. The highest BCUT2D eigenvalue weighted by Crippen LogP contribution is 2.27. The van der Waals surface area contributed by atoms with Crippen LogP contribution in [-0.4, -0.2) is 25.2 Å². The van der Waals surface area contributed by atoms with Crippen molar-refractivity contribution in [2.24, 2.45) is 0 Å². The fourth-order valence-corrected chi connectivity index (χ4v) is 2.02. The molecule has 2 N–H and O–H groups in total. The van der Waals surface area contributed by atoms with Gasteiger partial charge in [-0.15, -0.1) is 0 Å². The average molecular weight is 271 g/mol. The lowest BCUT2D eigenvalue weighted by atomic mass is 10.2. The maximum absolute atomic E-state index is 5.89. The SMILES string of the molecule is CCOc1cc(N(C)CCc2ccncc2)ccc1N. The Morgan fingerprint density at radius 1 is 1.20 bits per heavy atom. The van der Waals surface area contributed by atoms with Crippen LogP contribution in [0.4, 0.5) is 11.4 Å². The first-order valence-electron chi connectivity index (χ1n) is 6.83. The molecule has 106 valence electrons. The van der Waals surface area contributed by atoms with Crippen molar-refractivity contribution in [3.05, 3.63) is 48.3 Å². The minimum Gasteiger partial charge on any atom is -0.492 e. The fraction of sp³-hybridized carbons (Fsp3) is 0.312. The van der Waals surface area contributed by atoms with Crippen molar-refractivity contribution in [3.8, 4) is 5.75 Å². The van der Waals surface area contributed by atoms with Gasteiger partial charge in [0.05, 0.1) is 12.3 Å². The number of benzene rings is 1. The lowest BCUT2D eigenvalue weighted by Crippen LogP contribution is -2.20. The van der Waals surface area contributed by atoms with Crippen LogP contribution in [0, 0.1) is 0 Å². The van der Waals surface area contributed by atoms with E-state index in [0.29, 0.717) is 12.3 Å². The van der Waals surface area contributed by atoms with Crippen LogP contribution in [-0.2, 0) is 6.42 Å². The van der Waals surface area contributed by atoms with Gasteiger partial charge in [-0.3, -0.25) is 4.98 Å². The Labute approximate surface area is 120 Å². The Morgan fingerprint density at radius 2 is 1.95 bits per heavy atom. The molecule has 0 amide bonds. The minimum atomic E-state index is 0.619. The smallest absolute Gasteiger partial charge is 0.144 e. The molecule has 0 radical (unpaired) electrons. The molecule has 0 saturated carbocycles. The van der Waals surface area contributed by atoms with Gasteiger partial charge in [-0.1, -0.05) is 0 Å². The molecule has 0 aliphatic carbocycles. The summed E-state index contributed by atoms with van der Waals surface area (Å²) in [4.78, 5) is 6.23. The van der Waals surface area contributed by atoms with E-state index in [1.165, 1.54) is 5.56 Å². The maximum Gasteiger partial charge on any atom is 0.144 e. The number of nitrogen functional groups attached to an aromatic ring is 1. The van der Waals surface area contributed by atoms with Crippen molar-refractivity contribution in [1.29, 1.82) is 0 Å². The van der Waals surface area contributed by atoms with E-state index >= 15 is 0 Å². The van der Waals surface area contributed by atoms with Crippen LogP contribution < -0.4 is 15.4 Å². The third-order valence-electron chi connectivity index (χ3n) is 3.22. The second-order valence-electron chi connectivity index (χ2n) is 4.68. The van der Waals surface area contributed by atoms with Gasteiger partial charge in [-0.2, -0.15) is 0 Å². The zero-order valence-electron chi connectivity index (χ0n) is 12.0. The highest BCUT2D eigenvalue weighted by Gasteiger charge is 2.06. The van der Waals surface area contributed by atoms with E-state index in [2.05, 4.69) is 16.9 Å². The van der Waals surface area contributed by atoms with Gasteiger partial charge < -0.3 is 15.4 Å². The second kappa shape index (κ2) is 6.80. The zero-order chi connectivity index (χ0) is 14.4. The van der Waals surface area contributed by atoms with Crippen LogP contribution in [0.5, 0.6) is 5.75 Å². The summed E-state index contributed by atoms with van der Waals surface area (Å²) in [6, 6.07) is 9.99. The second-order valence-corrected chi connectivity index (χ2v) is 4.68. The maximum atomic E-state index is 5.89. The lowest BCUT2D eigenvalue weighted by molar-refractivity contribution is 0.342. The Hall–Kier alpha value is -2.23. The van der Waals surface area contributed by atoms with Crippen LogP contribution in [0.3, 0.4) is 0 Å². The quantitative estimate of drug-likeness (QED) is 0.821. The molecule has 0 saturated heterocycles. The molecule has 2 rings (SSSR count). The van der Waals surface area contributed by atoms with Gasteiger partial charge in [-0.05, 0) is 43.2 Å². The third kappa shape index (κ3) is 3.63. The van der Waals surface area contributed by atoms with Crippen LogP contribution in [0.15, 0.2) is 42.7 Å². The van der Waals surface area contributed by atoms with E-state index in [4.69, 9.17) is 10.5 Å². The third-order valence-corrected chi connectivity index (χ3v) is 3.22. The zero-order valence-corrected chi connectivity index (χ0v) is 12.0. The Bertz CT molecular complexity index is 543. The molecule has 4 nitrogen and oxygen atoms in total. The number of likely N-dealkylation sites (N-methyl/N-ethyl adjacent to an activating group) is 1. The van der Waals surface area contributed by atoms with E-state index in [0.717, 1.165) is 24.4 Å². The summed E-state index contributed by atoms with van der Waals surface area (Å²) in [5.41, 5.74) is 8.96. The number of anilines is 2. The van der Waals surface area contributed by atoms with Gasteiger partial charge in [0.2, 0.25) is 0 Å². The van der Waals surface area contributed by atoms with E-state index in [9.17, 15) is 0 Å². The molecule has 20 heavy (non-hydrogen) atoms. The van der Waals surface area contributed by atoms with Crippen LogP contribution >= 0.6 is 0 Å². The molecular formula is C16H21N3O. The predicted molar refractivity (Wildman–Crippen MR) is 83.2 cm³/mol. The number of hydrogen-bond donors (Lipinski definition) is 1. The predicted octanol–water partition coefficient (Wildman–Crippen LogP) is 2.74. The first-order chi connectivity index (χ1) is 9.70. The summed E-state index contributed by atoms with van der Waals surface area (Å²) in [6.07, 6.45) is 4.63. The van der Waals surface area contributed by atoms with Gasteiger partial charge in [0.25, 0.3) is 0 Å². The van der Waals surface area contributed by atoms with E-state index < -0.39 is 0 Å². The minimum absolute atomic E-state index is 0.619. The number of nitrogens with zero attached hydrogens (tertiary/aromatic N) is 2. The highest BCUT2D eigenvalue weighted by molar-refractivity contribution is 5.62. The van der Waals surface area contributed by atoms with Crippen molar-refractivity contribution in [2.45, 2.75) is 13.3 Å². The van der Waals surface area contributed by atoms with Gasteiger partial charge in [0, 0.05) is 37.7 Å². The average Bonchev–Trinajstić information content (AvgIpc) is 2.48. The van der Waals surface area contributed by atoms with Gasteiger partial charge in [0.1, 0.15) is 5.75 Å². The van der Waals surface area contributed by atoms with Crippen molar-refractivity contribution in [3.63, 3.8) is 0 Å². The number of hydrogen-bond acceptors (Lipinski definition) is 4. The van der Waals surface area contributed by atoms with Crippen LogP contribution in [0.1, 0.15) is 12.5 Å². The molecule has 1 heterocycles. The van der Waals surface area contributed by atoms with Crippen molar-refractivity contribution < 1.29 is 4.74 Å². The highest BCUT2D eigenvalue weighted by atomic mass is 16.5. The fourth-order valence-electron chi connectivity index (χ4n) is 2.02. The largest absolute Gasteiger partial charge is 0.492 e. The molecule has 0 fully saturated rings. The molecule has 0 atom stereocenters. The van der Waals surface area contributed by atoms with Crippen molar-refractivity contribution in [1.82, 2.24) is 4.98 Å². The van der Waals surface area contributed by atoms with Crippen LogP contribution in [0.25, 0.3) is 0 Å².